The molecule has 2 heteroatoms. The highest BCUT2D eigenvalue weighted by Gasteiger charge is 2.14. The average molecular weight is 178 g/mol. The van der Waals surface area contributed by atoms with Crippen LogP contribution in [-0.2, 0) is 9.47 Å². The summed E-state index contributed by atoms with van der Waals surface area (Å²) in [5.41, 5.74) is 1.12. The van der Waals surface area contributed by atoms with E-state index in [2.05, 4.69) is 0 Å². The van der Waals surface area contributed by atoms with Crippen LogP contribution in [0.1, 0.15) is 24.7 Å². The average Bonchev–Trinajstić information content (AvgIpc) is 2.47. The van der Waals surface area contributed by atoms with Crippen LogP contribution < -0.4 is 0 Å². The molecule has 1 aromatic carbocycles. The Morgan fingerprint density at radius 3 is 2.15 bits per heavy atom. The summed E-state index contributed by atoms with van der Waals surface area (Å²) in [4.78, 5) is 0. The maximum atomic E-state index is 5.57. The van der Waals surface area contributed by atoms with Crippen LogP contribution in [0.3, 0.4) is 0 Å². The van der Waals surface area contributed by atoms with Crippen molar-refractivity contribution in [2.75, 3.05) is 13.2 Å². The predicted molar refractivity (Wildman–Crippen MR) is 50.3 cm³/mol. The standard InChI is InChI=1S/C11H14O2/c1-2-6-10(7-3-1)11-12-8-4-5-9-13-11/h1-3,6-7,11H,4-5,8-9H2. The molecule has 0 saturated carbocycles. The summed E-state index contributed by atoms with van der Waals surface area (Å²) in [6.07, 6.45) is 2.05. The molecule has 1 aliphatic rings. The van der Waals surface area contributed by atoms with Gasteiger partial charge in [0.1, 0.15) is 0 Å². The zero-order chi connectivity index (χ0) is 8.93. The largest absolute Gasteiger partial charge is 0.348 e. The fourth-order valence-electron chi connectivity index (χ4n) is 1.44. The summed E-state index contributed by atoms with van der Waals surface area (Å²) in [5.74, 6) is 0. The lowest BCUT2D eigenvalue weighted by molar-refractivity contribution is -0.130. The van der Waals surface area contributed by atoms with E-state index in [4.69, 9.17) is 9.47 Å². The van der Waals surface area contributed by atoms with Crippen molar-refractivity contribution >= 4 is 0 Å². The predicted octanol–water partition coefficient (Wildman–Crippen LogP) is 2.51. The topological polar surface area (TPSA) is 18.5 Å². The van der Waals surface area contributed by atoms with Crippen LogP contribution in [0.4, 0.5) is 0 Å². The van der Waals surface area contributed by atoms with Gasteiger partial charge in [-0.1, -0.05) is 30.3 Å². The minimum atomic E-state index is -0.149. The molecule has 13 heavy (non-hydrogen) atoms. The lowest BCUT2D eigenvalue weighted by atomic mass is 10.2. The molecule has 0 atom stereocenters. The van der Waals surface area contributed by atoms with E-state index in [1.165, 1.54) is 0 Å². The van der Waals surface area contributed by atoms with Crippen molar-refractivity contribution in [2.24, 2.45) is 0 Å². The summed E-state index contributed by atoms with van der Waals surface area (Å²) < 4.78 is 11.1. The Morgan fingerprint density at radius 2 is 1.54 bits per heavy atom. The Bertz CT molecular complexity index is 238. The molecule has 0 bridgehead atoms. The van der Waals surface area contributed by atoms with Gasteiger partial charge in [0.15, 0.2) is 6.29 Å². The van der Waals surface area contributed by atoms with Crippen LogP contribution in [-0.4, -0.2) is 13.2 Å². The molecule has 2 rings (SSSR count). The lowest BCUT2D eigenvalue weighted by Crippen LogP contribution is -2.06. The van der Waals surface area contributed by atoms with E-state index in [-0.39, 0.29) is 6.29 Å². The van der Waals surface area contributed by atoms with E-state index in [0.29, 0.717) is 0 Å². The fraction of sp³-hybridized carbons (Fsp3) is 0.455. The molecule has 1 heterocycles. The van der Waals surface area contributed by atoms with Gasteiger partial charge in [0.2, 0.25) is 0 Å². The van der Waals surface area contributed by atoms with Crippen molar-refractivity contribution in [3.8, 4) is 0 Å². The summed E-state index contributed by atoms with van der Waals surface area (Å²) in [6.45, 7) is 1.61. The van der Waals surface area contributed by atoms with Crippen molar-refractivity contribution in [3.05, 3.63) is 35.9 Å². The first-order valence-electron chi connectivity index (χ1n) is 4.75. The smallest absolute Gasteiger partial charge is 0.183 e. The molecule has 0 aliphatic carbocycles. The monoisotopic (exact) mass is 178 g/mol. The highest BCUT2D eigenvalue weighted by molar-refractivity contribution is 5.15. The van der Waals surface area contributed by atoms with E-state index in [1.807, 2.05) is 30.3 Å². The van der Waals surface area contributed by atoms with Crippen molar-refractivity contribution < 1.29 is 9.47 Å². The lowest BCUT2D eigenvalue weighted by Gasteiger charge is -2.15. The summed E-state index contributed by atoms with van der Waals surface area (Å²) >= 11 is 0. The molecule has 1 saturated heterocycles. The van der Waals surface area contributed by atoms with Gasteiger partial charge < -0.3 is 9.47 Å². The second-order valence-electron chi connectivity index (χ2n) is 3.19. The number of ether oxygens (including phenoxy) is 2. The molecule has 0 N–H and O–H groups in total. The van der Waals surface area contributed by atoms with Gasteiger partial charge in [-0.3, -0.25) is 0 Å². The Morgan fingerprint density at radius 1 is 0.923 bits per heavy atom. The van der Waals surface area contributed by atoms with Crippen LogP contribution in [0, 0.1) is 0 Å². The first kappa shape index (κ1) is 8.73. The van der Waals surface area contributed by atoms with Crippen LogP contribution in [0.2, 0.25) is 0 Å². The fourth-order valence-corrected chi connectivity index (χ4v) is 1.44. The van der Waals surface area contributed by atoms with E-state index < -0.39 is 0 Å². The Labute approximate surface area is 78.5 Å². The van der Waals surface area contributed by atoms with Gasteiger partial charge in [-0.05, 0) is 12.8 Å². The Hall–Kier alpha value is -0.860. The highest BCUT2D eigenvalue weighted by Crippen LogP contribution is 2.21. The third-order valence-electron chi connectivity index (χ3n) is 2.15. The summed E-state index contributed by atoms with van der Waals surface area (Å²) in [5, 5.41) is 0. The molecular weight excluding hydrogens is 164 g/mol. The SMILES string of the molecule is c1ccc(C2OCCCCO2)cc1. The van der Waals surface area contributed by atoms with Crippen molar-refractivity contribution in [1.29, 1.82) is 0 Å². The molecule has 0 spiro atoms. The van der Waals surface area contributed by atoms with E-state index in [9.17, 15) is 0 Å². The van der Waals surface area contributed by atoms with Crippen LogP contribution in [0.15, 0.2) is 30.3 Å². The van der Waals surface area contributed by atoms with E-state index in [0.717, 1.165) is 31.6 Å². The van der Waals surface area contributed by atoms with Crippen molar-refractivity contribution in [2.45, 2.75) is 19.1 Å². The van der Waals surface area contributed by atoms with Gasteiger partial charge in [-0.25, -0.2) is 0 Å². The summed E-state index contributed by atoms with van der Waals surface area (Å²) in [6, 6.07) is 10.1. The van der Waals surface area contributed by atoms with Crippen LogP contribution in [0.5, 0.6) is 0 Å². The van der Waals surface area contributed by atoms with Gasteiger partial charge >= 0.3 is 0 Å². The molecular formula is C11H14O2. The first-order valence-corrected chi connectivity index (χ1v) is 4.75. The molecule has 1 aromatic rings. The summed E-state index contributed by atoms with van der Waals surface area (Å²) in [7, 11) is 0. The Balaban J connectivity index is 2.06. The van der Waals surface area contributed by atoms with Gasteiger partial charge in [0, 0.05) is 5.56 Å². The zero-order valence-electron chi connectivity index (χ0n) is 7.61. The first-order chi connectivity index (χ1) is 6.47. The molecule has 0 radical (unpaired) electrons. The molecule has 2 nitrogen and oxygen atoms in total. The Kier molecular flexibility index (Phi) is 2.95. The number of hydrogen-bond acceptors (Lipinski definition) is 2. The van der Waals surface area contributed by atoms with Gasteiger partial charge in [0.05, 0.1) is 13.2 Å². The number of hydrogen-bond donors (Lipinski definition) is 0. The number of rotatable bonds is 1. The minimum Gasteiger partial charge on any atom is -0.348 e. The maximum absolute atomic E-state index is 5.57. The highest BCUT2D eigenvalue weighted by atomic mass is 16.7. The molecule has 0 unspecified atom stereocenters. The van der Waals surface area contributed by atoms with Crippen LogP contribution in [0.25, 0.3) is 0 Å². The third kappa shape index (κ3) is 2.29. The van der Waals surface area contributed by atoms with Crippen molar-refractivity contribution in [1.82, 2.24) is 0 Å². The number of benzene rings is 1. The zero-order valence-corrected chi connectivity index (χ0v) is 7.61. The third-order valence-corrected chi connectivity index (χ3v) is 2.15. The quantitative estimate of drug-likeness (QED) is 0.657. The normalized spacial score (nSPS) is 19.7. The molecule has 70 valence electrons. The molecule has 1 fully saturated rings. The second-order valence-corrected chi connectivity index (χ2v) is 3.19. The van der Waals surface area contributed by atoms with E-state index in [1.54, 1.807) is 0 Å². The van der Waals surface area contributed by atoms with Gasteiger partial charge in [0.25, 0.3) is 0 Å². The van der Waals surface area contributed by atoms with E-state index >= 15 is 0 Å². The second kappa shape index (κ2) is 4.40. The van der Waals surface area contributed by atoms with Gasteiger partial charge in [-0.2, -0.15) is 0 Å². The van der Waals surface area contributed by atoms with Gasteiger partial charge in [-0.15, -0.1) is 0 Å². The molecule has 1 aliphatic heterocycles. The molecule has 0 aromatic heterocycles. The maximum Gasteiger partial charge on any atom is 0.183 e. The minimum absolute atomic E-state index is 0.149. The van der Waals surface area contributed by atoms with Crippen LogP contribution >= 0.6 is 0 Å². The van der Waals surface area contributed by atoms with Crippen molar-refractivity contribution in [3.63, 3.8) is 0 Å². The molecule has 0 amide bonds.